The van der Waals surface area contributed by atoms with Crippen molar-refractivity contribution < 1.29 is 9.53 Å². The summed E-state index contributed by atoms with van der Waals surface area (Å²) >= 11 is 0. The maximum absolute atomic E-state index is 10.8. The van der Waals surface area contributed by atoms with E-state index in [9.17, 15) is 4.79 Å². The molecular weight excluding hydrogens is 166 g/mol. The molecule has 1 aliphatic carbocycles. The number of rotatable bonds is 3. The van der Waals surface area contributed by atoms with Crippen molar-refractivity contribution in [3.05, 3.63) is 23.4 Å². The second-order valence-corrected chi connectivity index (χ2v) is 3.22. The van der Waals surface area contributed by atoms with E-state index in [1.165, 1.54) is 20.0 Å². The van der Waals surface area contributed by atoms with Gasteiger partial charge in [-0.15, -0.1) is 0 Å². The number of carbonyl (C=O) groups excluding carboxylic acids is 1. The Morgan fingerprint density at radius 3 is 2.92 bits per heavy atom. The van der Waals surface area contributed by atoms with Crippen molar-refractivity contribution in [1.82, 2.24) is 4.98 Å². The highest BCUT2D eigenvalue weighted by Crippen LogP contribution is 2.42. The number of aromatic nitrogens is 1. The van der Waals surface area contributed by atoms with E-state index in [1.54, 1.807) is 6.20 Å². The predicted octanol–water partition coefficient (Wildman–Crippen LogP) is 1.78. The van der Waals surface area contributed by atoms with E-state index in [0.29, 0.717) is 17.4 Å². The molecule has 1 aromatic heterocycles. The second kappa shape index (κ2) is 3.17. The topological polar surface area (TPSA) is 39.2 Å². The fourth-order valence-electron chi connectivity index (χ4n) is 1.50. The summed E-state index contributed by atoms with van der Waals surface area (Å²) in [4.78, 5) is 14.8. The molecule has 1 saturated carbocycles. The minimum Gasteiger partial charge on any atom is -0.480 e. The summed E-state index contributed by atoms with van der Waals surface area (Å²) in [6, 6.07) is 1.91. The van der Waals surface area contributed by atoms with Crippen molar-refractivity contribution in [2.75, 3.05) is 7.11 Å². The number of ether oxygens (including phenoxy) is 1. The Morgan fingerprint density at radius 2 is 2.38 bits per heavy atom. The molecule has 0 aromatic carbocycles. The van der Waals surface area contributed by atoms with E-state index in [1.807, 2.05) is 6.07 Å². The van der Waals surface area contributed by atoms with Crippen LogP contribution in [-0.2, 0) is 0 Å². The van der Waals surface area contributed by atoms with Gasteiger partial charge in [-0.3, -0.25) is 4.79 Å². The summed E-state index contributed by atoms with van der Waals surface area (Å²) in [7, 11) is 1.53. The Morgan fingerprint density at radius 1 is 1.62 bits per heavy atom. The van der Waals surface area contributed by atoms with E-state index in [-0.39, 0.29) is 0 Å². The van der Waals surface area contributed by atoms with E-state index >= 15 is 0 Å². The molecule has 0 N–H and O–H groups in total. The minimum atomic E-state index is 0.444. The molecule has 0 saturated heterocycles. The van der Waals surface area contributed by atoms with Crippen LogP contribution in [-0.4, -0.2) is 18.4 Å². The molecule has 1 heterocycles. The molecule has 1 fully saturated rings. The van der Waals surface area contributed by atoms with Gasteiger partial charge < -0.3 is 4.74 Å². The molecule has 0 aliphatic heterocycles. The SMILES string of the molecule is COc1nccc(C2CC2)c1C=O. The zero-order chi connectivity index (χ0) is 9.26. The Hall–Kier alpha value is -1.38. The van der Waals surface area contributed by atoms with Crippen molar-refractivity contribution >= 4 is 6.29 Å². The third-order valence-corrected chi connectivity index (χ3v) is 2.32. The average Bonchev–Trinajstić information content (AvgIpc) is 2.99. The molecule has 0 radical (unpaired) electrons. The van der Waals surface area contributed by atoms with Gasteiger partial charge in [-0.1, -0.05) is 0 Å². The minimum absolute atomic E-state index is 0.444. The molecule has 0 bridgehead atoms. The summed E-state index contributed by atoms with van der Waals surface area (Å²) in [5.74, 6) is 0.997. The quantitative estimate of drug-likeness (QED) is 0.660. The number of methoxy groups -OCH3 is 1. The largest absolute Gasteiger partial charge is 0.480 e. The molecule has 68 valence electrons. The van der Waals surface area contributed by atoms with Crippen molar-refractivity contribution in [3.8, 4) is 5.88 Å². The van der Waals surface area contributed by atoms with Crippen LogP contribution in [0.4, 0.5) is 0 Å². The van der Waals surface area contributed by atoms with Crippen molar-refractivity contribution in [2.24, 2.45) is 0 Å². The van der Waals surface area contributed by atoms with E-state index < -0.39 is 0 Å². The Labute approximate surface area is 76.7 Å². The lowest BCUT2D eigenvalue weighted by molar-refractivity contribution is 0.111. The third kappa shape index (κ3) is 1.41. The normalized spacial score (nSPS) is 15.5. The lowest BCUT2D eigenvalue weighted by atomic mass is 10.1. The van der Waals surface area contributed by atoms with E-state index in [4.69, 9.17) is 4.74 Å². The average molecular weight is 177 g/mol. The molecule has 2 rings (SSSR count). The highest BCUT2D eigenvalue weighted by atomic mass is 16.5. The van der Waals surface area contributed by atoms with Crippen LogP contribution in [0.5, 0.6) is 5.88 Å². The van der Waals surface area contributed by atoms with Crippen LogP contribution < -0.4 is 4.74 Å². The fraction of sp³-hybridized carbons (Fsp3) is 0.400. The van der Waals surface area contributed by atoms with Crippen molar-refractivity contribution in [1.29, 1.82) is 0 Å². The summed E-state index contributed by atoms with van der Waals surface area (Å²) in [5.41, 5.74) is 1.70. The molecular formula is C10H11NO2. The van der Waals surface area contributed by atoms with Gasteiger partial charge in [-0.25, -0.2) is 4.98 Å². The first-order valence-corrected chi connectivity index (χ1v) is 4.35. The molecule has 0 unspecified atom stereocenters. The maximum Gasteiger partial charge on any atom is 0.224 e. The van der Waals surface area contributed by atoms with Crippen molar-refractivity contribution in [3.63, 3.8) is 0 Å². The van der Waals surface area contributed by atoms with Crippen LogP contribution in [0, 0.1) is 0 Å². The fourth-order valence-corrected chi connectivity index (χ4v) is 1.50. The molecule has 3 heteroatoms. The number of pyridine rings is 1. The van der Waals surface area contributed by atoms with Crippen molar-refractivity contribution in [2.45, 2.75) is 18.8 Å². The maximum atomic E-state index is 10.8. The van der Waals surface area contributed by atoms with Gasteiger partial charge in [0.1, 0.15) is 0 Å². The Bertz CT molecular complexity index is 332. The second-order valence-electron chi connectivity index (χ2n) is 3.22. The summed E-state index contributed by atoms with van der Waals surface area (Å²) in [6.45, 7) is 0. The number of nitrogens with zero attached hydrogens (tertiary/aromatic N) is 1. The van der Waals surface area contributed by atoms with Gasteiger partial charge in [0, 0.05) is 6.20 Å². The first kappa shape index (κ1) is 8.23. The molecule has 0 amide bonds. The first-order chi connectivity index (χ1) is 6.36. The molecule has 0 atom stereocenters. The van der Waals surface area contributed by atoms with Gasteiger partial charge in [0.15, 0.2) is 6.29 Å². The first-order valence-electron chi connectivity index (χ1n) is 4.35. The van der Waals surface area contributed by atoms with E-state index in [0.717, 1.165) is 11.8 Å². The predicted molar refractivity (Wildman–Crippen MR) is 48.2 cm³/mol. The number of carbonyl (C=O) groups is 1. The van der Waals surface area contributed by atoms with Crippen LogP contribution >= 0.6 is 0 Å². The summed E-state index contributed by atoms with van der Waals surface area (Å²) in [6.07, 6.45) is 4.88. The number of hydrogen-bond donors (Lipinski definition) is 0. The molecule has 13 heavy (non-hydrogen) atoms. The van der Waals surface area contributed by atoms with Crippen LogP contribution in [0.25, 0.3) is 0 Å². The molecule has 3 nitrogen and oxygen atoms in total. The standard InChI is InChI=1S/C10H11NO2/c1-13-10-9(6-12)8(4-5-11-10)7-2-3-7/h4-7H,2-3H2,1H3. The Balaban J connectivity index is 2.47. The van der Waals surface area contributed by atoms with Crippen LogP contribution in [0.2, 0.25) is 0 Å². The summed E-state index contributed by atoms with van der Waals surface area (Å²) < 4.78 is 5.01. The Kier molecular flexibility index (Phi) is 2.00. The van der Waals surface area contributed by atoms with Gasteiger partial charge in [0.25, 0.3) is 0 Å². The molecule has 1 aliphatic rings. The van der Waals surface area contributed by atoms with Gasteiger partial charge in [0.2, 0.25) is 5.88 Å². The lowest BCUT2D eigenvalue weighted by Gasteiger charge is -2.06. The van der Waals surface area contributed by atoms with Gasteiger partial charge in [-0.05, 0) is 30.4 Å². The number of hydrogen-bond acceptors (Lipinski definition) is 3. The highest BCUT2D eigenvalue weighted by molar-refractivity contribution is 5.81. The monoisotopic (exact) mass is 177 g/mol. The zero-order valence-electron chi connectivity index (χ0n) is 7.49. The highest BCUT2D eigenvalue weighted by Gasteiger charge is 2.27. The zero-order valence-corrected chi connectivity index (χ0v) is 7.49. The van der Waals surface area contributed by atoms with Crippen LogP contribution in [0.3, 0.4) is 0 Å². The smallest absolute Gasteiger partial charge is 0.224 e. The summed E-state index contributed by atoms with van der Waals surface area (Å²) in [5, 5.41) is 0. The lowest BCUT2D eigenvalue weighted by Crippen LogP contribution is -1.98. The van der Waals surface area contributed by atoms with Gasteiger partial charge in [-0.2, -0.15) is 0 Å². The molecule has 1 aromatic rings. The van der Waals surface area contributed by atoms with Gasteiger partial charge in [0.05, 0.1) is 12.7 Å². The third-order valence-electron chi connectivity index (χ3n) is 2.32. The van der Waals surface area contributed by atoms with Crippen LogP contribution in [0.15, 0.2) is 12.3 Å². The molecule has 0 spiro atoms. The van der Waals surface area contributed by atoms with E-state index in [2.05, 4.69) is 4.98 Å². The number of aldehydes is 1. The van der Waals surface area contributed by atoms with Crippen LogP contribution in [0.1, 0.15) is 34.7 Å². The van der Waals surface area contributed by atoms with Gasteiger partial charge >= 0.3 is 0 Å².